The standard InChI is InChI=1S/C18H30N2O/c1-7-19-14(2)15-8-10-16(11-9-15)20-12-17(3,4)21-18(5,6)13-20/h8-11,14,19H,7,12-13H2,1-6H3. The number of anilines is 1. The van der Waals surface area contributed by atoms with Crippen molar-refractivity contribution in [2.45, 2.75) is 58.8 Å². The van der Waals surface area contributed by atoms with Crippen LogP contribution in [0.15, 0.2) is 24.3 Å². The smallest absolute Gasteiger partial charge is 0.0808 e. The minimum Gasteiger partial charge on any atom is -0.366 e. The van der Waals surface area contributed by atoms with Crippen LogP contribution in [0.2, 0.25) is 0 Å². The number of ether oxygens (including phenoxy) is 1. The SMILES string of the molecule is CCNC(C)c1ccc(N2CC(C)(C)OC(C)(C)C2)cc1. The van der Waals surface area contributed by atoms with Gasteiger partial charge < -0.3 is 15.0 Å². The lowest BCUT2D eigenvalue weighted by Crippen LogP contribution is -2.57. The molecule has 0 aromatic heterocycles. The normalized spacial score (nSPS) is 22.1. The molecule has 1 N–H and O–H groups in total. The van der Waals surface area contributed by atoms with Gasteiger partial charge in [0.05, 0.1) is 11.2 Å². The van der Waals surface area contributed by atoms with Crippen LogP contribution in [-0.2, 0) is 4.74 Å². The average Bonchev–Trinajstić information content (AvgIpc) is 2.35. The van der Waals surface area contributed by atoms with Crippen molar-refractivity contribution < 1.29 is 4.74 Å². The topological polar surface area (TPSA) is 24.5 Å². The molecule has 1 heterocycles. The first kappa shape index (κ1) is 16.3. The minimum absolute atomic E-state index is 0.114. The monoisotopic (exact) mass is 290 g/mol. The van der Waals surface area contributed by atoms with Crippen molar-refractivity contribution >= 4 is 5.69 Å². The van der Waals surface area contributed by atoms with Gasteiger partial charge in [0.2, 0.25) is 0 Å². The molecule has 118 valence electrons. The molecule has 1 atom stereocenters. The zero-order valence-corrected chi connectivity index (χ0v) is 14.4. The van der Waals surface area contributed by atoms with Crippen molar-refractivity contribution in [2.75, 3.05) is 24.5 Å². The number of nitrogens with zero attached hydrogens (tertiary/aromatic N) is 1. The third-order valence-corrected chi connectivity index (χ3v) is 3.96. The number of rotatable bonds is 4. The molecule has 0 amide bonds. The van der Waals surface area contributed by atoms with E-state index in [1.165, 1.54) is 11.3 Å². The molecule has 1 aliphatic heterocycles. The summed E-state index contributed by atoms with van der Waals surface area (Å²) >= 11 is 0. The lowest BCUT2D eigenvalue weighted by molar-refractivity contribution is -0.133. The molecule has 1 aromatic carbocycles. The summed E-state index contributed by atoms with van der Waals surface area (Å²) in [6.45, 7) is 15.9. The summed E-state index contributed by atoms with van der Waals surface area (Å²) in [6.07, 6.45) is 0. The molecule has 0 spiro atoms. The molecule has 1 aliphatic rings. The Labute approximate surface area is 129 Å². The van der Waals surface area contributed by atoms with Crippen molar-refractivity contribution in [1.82, 2.24) is 5.32 Å². The van der Waals surface area contributed by atoms with Gasteiger partial charge in [-0.1, -0.05) is 19.1 Å². The predicted octanol–water partition coefficient (Wildman–Crippen LogP) is 3.75. The van der Waals surface area contributed by atoms with Crippen molar-refractivity contribution in [3.63, 3.8) is 0 Å². The van der Waals surface area contributed by atoms with Crippen molar-refractivity contribution in [3.8, 4) is 0 Å². The van der Waals surface area contributed by atoms with E-state index in [0.717, 1.165) is 19.6 Å². The zero-order valence-electron chi connectivity index (χ0n) is 14.4. The summed E-state index contributed by atoms with van der Waals surface area (Å²) in [6, 6.07) is 9.35. The van der Waals surface area contributed by atoms with Crippen LogP contribution in [-0.4, -0.2) is 30.8 Å². The van der Waals surface area contributed by atoms with Crippen LogP contribution in [0.4, 0.5) is 5.69 Å². The second-order valence-corrected chi connectivity index (χ2v) is 7.35. The first-order valence-corrected chi connectivity index (χ1v) is 8.01. The number of hydrogen-bond acceptors (Lipinski definition) is 3. The van der Waals surface area contributed by atoms with Crippen LogP contribution in [0, 0.1) is 0 Å². The van der Waals surface area contributed by atoms with Gasteiger partial charge in [-0.3, -0.25) is 0 Å². The van der Waals surface area contributed by atoms with E-state index >= 15 is 0 Å². The number of hydrogen-bond donors (Lipinski definition) is 1. The Hall–Kier alpha value is -1.06. The number of benzene rings is 1. The minimum atomic E-state index is -0.114. The van der Waals surface area contributed by atoms with Crippen LogP contribution in [0.3, 0.4) is 0 Å². The Kier molecular flexibility index (Phi) is 4.64. The highest BCUT2D eigenvalue weighted by atomic mass is 16.5. The highest BCUT2D eigenvalue weighted by Gasteiger charge is 2.38. The molecule has 1 saturated heterocycles. The summed E-state index contributed by atoms with van der Waals surface area (Å²) < 4.78 is 6.16. The van der Waals surface area contributed by atoms with E-state index in [-0.39, 0.29) is 11.2 Å². The summed E-state index contributed by atoms with van der Waals surface area (Å²) in [5, 5.41) is 3.45. The van der Waals surface area contributed by atoms with E-state index in [4.69, 9.17) is 4.74 Å². The molecule has 21 heavy (non-hydrogen) atoms. The van der Waals surface area contributed by atoms with Gasteiger partial charge in [0, 0.05) is 24.8 Å². The van der Waals surface area contributed by atoms with Crippen LogP contribution in [0.1, 0.15) is 53.1 Å². The lowest BCUT2D eigenvalue weighted by Gasteiger charge is -2.48. The van der Waals surface area contributed by atoms with Crippen LogP contribution >= 0.6 is 0 Å². The molecule has 3 heteroatoms. The number of nitrogens with one attached hydrogen (secondary N) is 1. The first-order chi connectivity index (χ1) is 9.72. The van der Waals surface area contributed by atoms with Gasteiger partial charge in [0.1, 0.15) is 0 Å². The van der Waals surface area contributed by atoms with E-state index in [0.29, 0.717) is 6.04 Å². The third-order valence-electron chi connectivity index (χ3n) is 3.96. The maximum absolute atomic E-state index is 6.16. The maximum atomic E-state index is 6.16. The highest BCUT2D eigenvalue weighted by molar-refractivity contribution is 5.49. The number of morpholine rings is 1. The molecule has 0 radical (unpaired) electrons. The van der Waals surface area contributed by atoms with E-state index in [1.54, 1.807) is 0 Å². The molecule has 1 aromatic rings. The van der Waals surface area contributed by atoms with E-state index in [1.807, 2.05) is 0 Å². The van der Waals surface area contributed by atoms with Crippen LogP contribution < -0.4 is 10.2 Å². The lowest BCUT2D eigenvalue weighted by atomic mass is 9.98. The average molecular weight is 290 g/mol. The quantitative estimate of drug-likeness (QED) is 0.914. The summed E-state index contributed by atoms with van der Waals surface area (Å²) in [5.74, 6) is 0. The third kappa shape index (κ3) is 4.21. The zero-order chi connectivity index (χ0) is 15.7. The highest BCUT2D eigenvalue weighted by Crippen LogP contribution is 2.31. The Morgan fingerprint density at radius 1 is 1.10 bits per heavy atom. The maximum Gasteiger partial charge on any atom is 0.0808 e. The van der Waals surface area contributed by atoms with E-state index in [9.17, 15) is 0 Å². The Bertz CT molecular complexity index is 449. The van der Waals surface area contributed by atoms with Gasteiger partial charge in [-0.15, -0.1) is 0 Å². The Morgan fingerprint density at radius 3 is 2.10 bits per heavy atom. The van der Waals surface area contributed by atoms with Gasteiger partial charge in [-0.25, -0.2) is 0 Å². The fourth-order valence-corrected chi connectivity index (χ4v) is 3.37. The van der Waals surface area contributed by atoms with Gasteiger partial charge in [0.15, 0.2) is 0 Å². The van der Waals surface area contributed by atoms with Crippen molar-refractivity contribution in [3.05, 3.63) is 29.8 Å². The first-order valence-electron chi connectivity index (χ1n) is 8.01. The Morgan fingerprint density at radius 2 is 1.62 bits per heavy atom. The molecule has 1 unspecified atom stereocenters. The predicted molar refractivity (Wildman–Crippen MR) is 90.0 cm³/mol. The van der Waals surface area contributed by atoms with E-state index in [2.05, 4.69) is 76.0 Å². The van der Waals surface area contributed by atoms with Gasteiger partial charge >= 0.3 is 0 Å². The molecular weight excluding hydrogens is 260 g/mol. The van der Waals surface area contributed by atoms with Crippen molar-refractivity contribution in [1.29, 1.82) is 0 Å². The van der Waals surface area contributed by atoms with E-state index < -0.39 is 0 Å². The van der Waals surface area contributed by atoms with Gasteiger partial charge in [-0.05, 0) is 58.9 Å². The largest absolute Gasteiger partial charge is 0.366 e. The second kappa shape index (κ2) is 5.98. The molecule has 2 rings (SSSR count). The molecule has 3 nitrogen and oxygen atoms in total. The summed E-state index contributed by atoms with van der Waals surface area (Å²) in [5.41, 5.74) is 2.40. The Balaban J connectivity index is 2.14. The van der Waals surface area contributed by atoms with Crippen LogP contribution in [0.5, 0.6) is 0 Å². The molecule has 1 fully saturated rings. The molecular formula is C18H30N2O. The fraction of sp³-hybridized carbons (Fsp3) is 0.667. The fourth-order valence-electron chi connectivity index (χ4n) is 3.37. The molecule has 0 aliphatic carbocycles. The summed E-state index contributed by atoms with van der Waals surface area (Å²) in [7, 11) is 0. The molecule has 0 saturated carbocycles. The second-order valence-electron chi connectivity index (χ2n) is 7.35. The van der Waals surface area contributed by atoms with Gasteiger partial charge in [0.25, 0.3) is 0 Å². The van der Waals surface area contributed by atoms with Gasteiger partial charge in [-0.2, -0.15) is 0 Å². The van der Waals surface area contributed by atoms with Crippen molar-refractivity contribution in [2.24, 2.45) is 0 Å². The molecule has 0 bridgehead atoms. The van der Waals surface area contributed by atoms with Crippen LogP contribution in [0.25, 0.3) is 0 Å². The summed E-state index contributed by atoms with van der Waals surface area (Å²) in [4.78, 5) is 2.44.